The lowest BCUT2D eigenvalue weighted by molar-refractivity contribution is 1.55. The second-order valence-electron chi connectivity index (χ2n) is 9.48. The van der Waals surface area contributed by atoms with Gasteiger partial charge in [0.2, 0.25) is 0 Å². The van der Waals surface area contributed by atoms with Crippen molar-refractivity contribution in [1.29, 1.82) is 0 Å². The Balaban J connectivity index is 1.40. The Morgan fingerprint density at radius 3 is 1.31 bits per heavy atom. The zero-order valence-electron chi connectivity index (χ0n) is 19.0. The molecule has 1 nitrogen and oxygen atoms in total. The van der Waals surface area contributed by atoms with Crippen LogP contribution in [0.15, 0.2) is 121 Å². The van der Waals surface area contributed by atoms with E-state index >= 15 is 0 Å². The predicted molar refractivity (Wildman–Crippen MR) is 150 cm³/mol. The van der Waals surface area contributed by atoms with E-state index in [1.54, 1.807) is 0 Å². The van der Waals surface area contributed by atoms with Gasteiger partial charge in [-0.05, 0) is 78.8 Å². The molecule has 7 aromatic carbocycles. The van der Waals surface area contributed by atoms with Crippen LogP contribution in [0.25, 0.3) is 76.4 Å². The van der Waals surface area contributed by atoms with Crippen molar-refractivity contribution < 1.29 is 0 Å². The van der Waals surface area contributed by atoms with Crippen LogP contribution in [-0.2, 0) is 0 Å². The Bertz CT molecular complexity index is 1910. The van der Waals surface area contributed by atoms with Crippen LogP contribution in [-0.4, -0.2) is 4.98 Å². The lowest BCUT2D eigenvalue weighted by Crippen LogP contribution is -1.86. The average molecular weight is 444 g/mol. The van der Waals surface area contributed by atoms with Gasteiger partial charge < -0.3 is 4.98 Å². The number of fused-ring (bicyclic) bond motifs is 2. The molecule has 0 bridgehead atoms. The molecule has 0 saturated heterocycles. The molecule has 0 fully saturated rings. The summed E-state index contributed by atoms with van der Waals surface area (Å²) in [6, 6.07) is 44.3. The smallest absolute Gasteiger partial charge is 0.0471 e. The van der Waals surface area contributed by atoms with Gasteiger partial charge in [0.05, 0.1) is 0 Å². The predicted octanol–water partition coefficient (Wildman–Crippen LogP) is 9.55. The summed E-state index contributed by atoms with van der Waals surface area (Å²) in [4.78, 5) is 3.68. The van der Waals surface area contributed by atoms with Crippen molar-refractivity contribution in [1.82, 2.24) is 4.98 Å². The Morgan fingerprint density at radius 1 is 0.371 bits per heavy atom. The minimum absolute atomic E-state index is 1.20. The van der Waals surface area contributed by atoms with Gasteiger partial charge in [0, 0.05) is 21.8 Å². The highest BCUT2D eigenvalue weighted by Crippen LogP contribution is 2.43. The fourth-order valence-corrected chi connectivity index (χ4v) is 5.86. The number of benzene rings is 7. The van der Waals surface area contributed by atoms with E-state index in [2.05, 4.69) is 126 Å². The highest BCUT2D eigenvalue weighted by Gasteiger charge is 2.17. The molecule has 0 amide bonds. The summed E-state index contributed by atoms with van der Waals surface area (Å²) < 4.78 is 0. The van der Waals surface area contributed by atoms with Gasteiger partial charge in [0.1, 0.15) is 0 Å². The standard InChI is InChI=1S/C34H21N/c1-3-7-23-19-25(11-9-21(23)5-1)27-15-17-31-33-29(27)13-14-30-28(16-18-32(35-31)34(30)33)26-12-10-22-6-2-4-8-24(22)20-26/h1-20,35H. The molecule has 35 heavy (non-hydrogen) atoms. The Morgan fingerprint density at radius 2 is 0.829 bits per heavy atom. The van der Waals surface area contributed by atoms with Gasteiger partial charge in [0.15, 0.2) is 0 Å². The third-order valence-corrected chi connectivity index (χ3v) is 7.55. The molecule has 162 valence electrons. The third-order valence-electron chi connectivity index (χ3n) is 7.55. The molecular weight excluding hydrogens is 422 g/mol. The number of H-pyrrole nitrogens is 1. The monoisotopic (exact) mass is 443 g/mol. The molecule has 0 aliphatic carbocycles. The van der Waals surface area contributed by atoms with Crippen LogP contribution < -0.4 is 0 Å². The second-order valence-corrected chi connectivity index (χ2v) is 9.48. The summed E-state index contributed by atoms with van der Waals surface area (Å²) in [7, 11) is 0. The van der Waals surface area contributed by atoms with Crippen LogP contribution in [0.4, 0.5) is 0 Å². The Hall–Kier alpha value is -4.62. The molecule has 0 radical (unpaired) electrons. The largest absolute Gasteiger partial charge is 0.354 e. The summed E-state index contributed by atoms with van der Waals surface area (Å²) in [6.07, 6.45) is 0. The van der Waals surface area contributed by atoms with Gasteiger partial charge in [0.25, 0.3) is 0 Å². The van der Waals surface area contributed by atoms with Crippen LogP contribution in [0.3, 0.4) is 0 Å². The quantitative estimate of drug-likeness (QED) is 0.256. The van der Waals surface area contributed by atoms with E-state index in [1.807, 2.05) is 0 Å². The van der Waals surface area contributed by atoms with E-state index in [0.717, 1.165) is 0 Å². The van der Waals surface area contributed by atoms with E-state index in [9.17, 15) is 0 Å². The molecule has 8 aromatic rings. The molecule has 0 unspecified atom stereocenters. The zero-order valence-corrected chi connectivity index (χ0v) is 19.0. The molecule has 1 heteroatoms. The number of hydrogen-bond acceptors (Lipinski definition) is 0. The van der Waals surface area contributed by atoms with E-state index in [-0.39, 0.29) is 0 Å². The molecular formula is C34H21N. The minimum atomic E-state index is 1.20. The van der Waals surface area contributed by atoms with Gasteiger partial charge in [-0.3, -0.25) is 0 Å². The van der Waals surface area contributed by atoms with Crippen LogP contribution >= 0.6 is 0 Å². The van der Waals surface area contributed by atoms with Gasteiger partial charge >= 0.3 is 0 Å². The number of rotatable bonds is 2. The first-order valence-electron chi connectivity index (χ1n) is 12.1. The van der Waals surface area contributed by atoms with Crippen molar-refractivity contribution in [2.24, 2.45) is 0 Å². The summed E-state index contributed by atoms with van der Waals surface area (Å²) in [5.41, 5.74) is 7.47. The summed E-state index contributed by atoms with van der Waals surface area (Å²) in [6.45, 7) is 0. The lowest BCUT2D eigenvalue weighted by Gasteiger charge is -2.12. The van der Waals surface area contributed by atoms with Crippen molar-refractivity contribution in [3.63, 3.8) is 0 Å². The maximum Gasteiger partial charge on any atom is 0.0471 e. The molecule has 0 saturated carbocycles. The van der Waals surface area contributed by atoms with E-state index in [1.165, 1.54) is 76.4 Å². The Labute approximate surface area is 202 Å². The fourth-order valence-electron chi connectivity index (χ4n) is 5.86. The first-order valence-corrected chi connectivity index (χ1v) is 12.1. The Kier molecular flexibility index (Phi) is 3.72. The van der Waals surface area contributed by atoms with Gasteiger partial charge in [-0.25, -0.2) is 0 Å². The minimum Gasteiger partial charge on any atom is -0.354 e. The van der Waals surface area contributed by atoms with E-state index in [0.29, 0.717) is 0 Å². The fraction of sp³-hybridized carbons (Fsp3) is 0. The first kappa shape index (κ1) is 18.8. The molecule has 0 aliphatic heterocycles. The first-order chi connectivity index (χ1) is 17.3. The molecule has 1 heterocycles. The average Bonchev–Trinajstić information content (AvgIpc) is 3.31. The van der Waals surface area contributed by atoms with Gasteiger partial charge in [-0.1, -0.05) is 97.1 Å². The van der Waals surface area contributed by atoms with Crippen LogP contribution in [0.2, 0.25) is 0 Å². The molecule has 1 aromatic heterocycles. The molecule has 0 atom stereocenters. The number of nitrogens with one attached hydrogen (secondary N) is 1. The summed E-state index contributed by atoms with van der Waals surface area (Å²) >= 11 is 0. The highest BCUT2D eigenvalue weighted by atomic mass is 14.7. The van der Waals surface area contributed by atoms with Crippen molar-refractivity contribution >= 4 is 54.1 Å². The molecule has 1 N–H and O–H groups in total. The van der Waals surface area contributed by atoms with Gasteiger partial charge in [-0.15, -0.1) is 0 Å². The zero-order chi connectivity index (χ0) is 22.9. The molecule has 0 spiro atoms. The van der Waals surface area contributed by atoms with Crippen molar-refractivity contribution in [2.75, 3.05) is 0 Å². The SMILES string of the molecule is c1ccc2cc(-c3ccc4[nH]c5ccc(-c6ccc7ccccc7c6)c6ccc3c4c56)ccc2c1. The van der Waals surface area contributed by atoms with Crippen LogP contribution in [0.5, 0.6) is 0 Å². The lowest BCUT2D eigenvalue weighted by atomic mass is 9.90. The number of hydrogen-bond donors (Lipinski definition) is 1. The van der Waals surface area contributed by atoms with E-state index in [4.69, 9.17) is 0 Å². The van der Waals surface area contributed by atoms with Crippen LogP contribution in [0, 0.1) is 0 Å². The van der Waals surface area contributed by atoms with Crippen molar-refractivity contribution in [3.8, 4) is 22.3 Å². The topological polar surface area (TPSA) is 15.8 Å². The highest BCUT2D eigenvalue weighted by molar-refractivity contribution is 6.27. The molecule has 0 aliphatic rings. The van der Waals surface area contributed by atoms with E-state index < -0.39 is 0 Å². The second kappa shape index (κ2) is 6.94. The third kappa shape index (κ3) is 2.70. The molecule has 8 rings (SSSR count). The van der Waals surface area contributed by atoms with Crippen molar-refractivity contribution in [2.45, 2.75) is 0 Å². The normalized spacial score (nSPS) is 12.0. The maximum absolute atomic E-state index is 3.68. The van der Waals surface area contributed by atoms with Gasteiger partial charge in [-0.2, -0.15) is 0 Å². The number of aromatic nitrogens is 1. The maximum atomic E-state index is 3.68. The van der Waals surface area contributed by atoms with Crippen LogP contribution in [0.1, 0.15) is 0 Å². The summed E-state index contributed by atoms with van der Waals surface area (Å²) in [5, 5.41) is 10.3. The summed E-state index contributed by atoms with van der Waals surface area (Å²) in [5.74, 6) is 0. The van der Waals surface area contributed by atoms with Crippen molar-refractivity contribution in [3.05, 3.63) is 121 Å². The number of aromatic amines is 1.